The fraction of sp³-hybridized carbons (Fsp3) is 0.0909. The highest BCUT2D eigenvalue weighted by molar-refractivity contribution is 6.31. The van der Waals surface area contributed by atoms with Crippen LogP contribution in [0.2, 0.25) is 0 Å². The number of carbonyl (C=O) groups is 2. The second-order valence-corrected chi connectivity index (χ2v) is 7.98. The summed E-state index contributed by atoms with van der Waals surface area (Å²) in [6.07, 6.45) is 0. The first-order valence-corrected chi connectivity index (χ1v) is 9.87. The average Bonchev–Trinajstić information content (AvgIpc) is 3.24. The number of benzene rings is 2. The molecule has 1 amide bonds. The predicted molar refractivity (Wildman–Crippen MR) is 116 cm³/mol. The Morgan fingerprint density at radius 3 is 2.45 bits per heavy atom. The second-order valence-electron chi connectivity index (χ2n) is 7.98. The number of hydrogen-bond donors (Lipinski definition) is 3. The molecule has 33 heavy (non-hydrogen) atoms. The topological polar surface area (TPSA) is 156 Å². The fourth-order valence-electron chi connectivity index (χ4n) is 5.03. The highest BCUT2D eigenvalue weighted by Gasteiger charge is 2.61. The summed E-state index contributed by atoms with van der Waals surface area (Å²) in [4.78, 5) is 66.0. The Hall–Kier alpha value is -4.80. The highest BCUT2D eigenvalue weighted by Crippen LogP contribution is 2.56. The van der Waals surface area contributed by atoms with Gasteiger partial charge in [-0.25, -0.2) is 4.79 Å². The molecular weight excluding hydrogens is 430 g/mol. The van der Waals surface area contributed by atoms with Crippen molar-refractivity contribution in [1.82, 2.24) is 9.55 Å². The minimum atomic E-state index is -1.99. The molecule has 11 heteroatoms. The SMILES string of the molecule is Cn1c2c(c(=O)[nH]c1=O)C1(C(=O)Nc3ccc([N+](=O)[O-])cc31)C1=C(N2)c2ccccc2C1=O. The molecule has 1 aliphatic carbocycles. The molecule has 3 aliphatic rings. The number of nitrogens with zero attached hydrogens (tertiary/aromatic N) is 2. The second kappa shape index (κ2) is 5.91. The molecule has 3 heterocycles. The van der Waals surface area contributed by atoms with Crippen molar-refractivity contribution in [2.45, 2.75) is 5.41 Å². The highest BCUT2D eigenvalue weighted by atomic mass is 16.6. The van der Waals surface area contributed by atoms with E-state index < -0.39 is 33.3 Å². The first-order chi connectivity index (χ1) is 15.8. The normalized spacial score (nSPS) is 19.5. The number of amides is 1. The van der Waals surface area contributed by atoms with Crippen LogP contribution >= 0.6 is 0 Å². The Morgan fingerprint density at radius 1 is 1.00 bits per heavy atom. The summed E-state index contributed by atoms with van der Waals surface area (Å²) in [6.45, 7) is 0. The molecule has 0 saturated heterocycles. The summed E-state index contributed by atoms with van der Waals surface area (Å²) in [5, 5.41) is 17.2. The number of aromatic amines is 1. The lowest BCUT2D eigenvalue weighted by Crippen LogP contribution is -2.49. The number of Topliss-reactive ketones (excluding diaryl/α,β-unsaturated/α-hetero) is 1. The first-order valence-electron chi connectivity index (χ1n) is 9.87. The quantitative estimate of drug-likeness (QED) is 0.377. The Kier molecular flexibility index (Phi) is 3.39. The monoisotopic (exact) mass is 443 g/mol. The zero-order valence-electron chi connectivity index (χ0n) is 16.9. The summed E-state index contributed by atoms with van der Waals surface area (Å²) in [5.74, 6) is -1.17. The molecule has 0 fully saturated rings. The lowest BCUT2D eigenvalue weighted by molar-refractivity contribution is -0.384. The molecule has 11 nitrogen and oxygen atoms in total. The lowest BCUT2D eigenvalue weighted by atomic mass is 9.67. The van der Waals surface area contributed by atoms with Gasteiger partial charge in [-0.2, -0.15) is 0 Å². The Bertz CT molecular complexity index is 1650. The molecule has 162 valence electrons. The van der Waals surface area contributed by atoms with Gasteiger partial charge in [0.1, 0.15) is 11.2 Å². The number of aromatic nitrogens is 2. The minimum Gasteiger partial charge on any atom is -0.340 e. The number of nitro benzene ring substituents is 1. The van der Waals surface area contributed by atoms with Gasteiger partial charge in [0.05, 0.1) is 16.2 Å². The molecule has 1 aromatic heterocycles. The van der Waals surface area contributed by atoms with Crippen molar-refractivity contribution in [3.63, 3.8) is 0 Å². The zero-order chi connectivity index (χ0) is 23.2. The maximum Gasteiger partial charge on any atom is 0.329 e. The van der Waals surface area contributed by atoms with E-state index in [1.165, 1.54) is 25.2 Å². The molecule has 0 saturated carbocycles. The smallest absolute Gasteiger partial charge is 0.329 e. The zero-order valence-corrected chi connectivity index (χ0v) is 16.9. The van der Waals surface area contributed by atoms with Crippen molar-refractivity contribution in [2.75, 3.05) is 10.6 Å². The van der Waals surface area contributed by atoms with Crippen molar-refractivity contribution in [3.05, 3.63) is 101 Å². The van der Waals surface area contributed by atoms with Gasteiger partial charge in [0.2, 0.25) is 5.91 Å². The standard InChI is InChI=1S/C22H13N5O6/c1-26-18-15(19(29)25-21(26)31)22(12-8-9(27(32)33)6-7-13(12)23-20(22)30)14-16(24-18)10-4-2-3-5-11(10)17(14)28/h2-8,24H,1H3,(H,23,30)(H,25,29,31). The first kappa shape index (κ1) is 18.9. The number of anilines is 2. The number of nitro groups is 1. The van der Waals surface area contributed by atoms with Crippen LogP contribution in [-0.4, -0.2) is 26.2 Å². The van der Waals surface area contributed by atoms with Crippen molar-refractivity contribution in [3.8, 4) is 0 Å². The van der Waals surface area contributed by atoms with Crippen LogP contribution in [0.15, 0.2) is 57.6 Å². The van der Waals surface area contributed by atoms with Crippen LogP contribution in [-0.2, 0) is 17.3 Å². The molecule has 2 aliphatic heterocycles. The number of non-ortho nitro benzene ring substituents is 1. The number of rotatable bonds is 1. The summed E-state index contributed by atoms with van der Waals surface area (Å²) in [5.41, 5.74) is -2.66. The van der Waals surface area contributed by atoms with E-state index in [0.717, 1.165) is 4.57 Å². The molecule has 1 unspecified atom stereocenters. The van der Waals surface area contributed by atoms with Crippen LogP contribution in [0.25, 0.3) is 5.70 Å². The van der Waals surface area contributed by atoms with Crippen molar-refractivity contribution >= 4 is 34.6 Å². The van der Waals surface area contributed by atoms with Crippen LogP contribution < -0.4 is 21.9 Å². The van der Waals surface area contributed by atoms with E-state index in [-0.39, 0.29) is 39.6 Å². The third-order valence-corrected chi connectivity index (χ3v) is 6.44. The molecule has 0 bridgehead atoms. The van der Waals surface area contributed by atoms with E-state index in [4.69, 9.17) is 0 Å². The van der Waals surface area contributed by atoms with Crippen LogP contribution in [0.3, 0.4) is 0 Å². The van der Waals surface area contributed by atoms with Gasteiger partial charge in [-0.1, -0.05) is 24.3 Å². The van der Waals surface area contributed by atoms with Gasteiger partial charge in [-0.05, 0) is 6.07 Å². The molecule has 2 aromatic carbocycles. The largest absolute Gasteiger partial charge is 0.340 e. The fourth-order valence-corrected chi connectivity index (χ4v) is 5.03. The van der Waals surface area contributed by atoms with E-state index in [1.807, 2.05) is 0 Å². The maximum absolute atomic E-state index is 13.7. The van der Waals surface area contributed by atoms with Crippen molar-refractivity contribution in [1.29, 1.82) is 0 Å². The molecule has 0 radical (unpaired) electrons. The van der Waals surface area contributed by atoms with Crippen LogP contribution in [0.5, 0.6) is 0 Å². The maximum atomic E-state index is 13.7. The van der Waals surface area contributed by atoms with Crippen molar-refractivity contribution in [2.24, 2.45) is 7.05 Å². The molecule has 1 spiro atoms. The number of nitrogens with one attached hydrogen (secondary N) is 3. The van der Waals surface area contributed by atoms with Gasteiger partial charge >= 0.3 is 5.69 Å². The molecular formula is C22H13N5O6. The van der Waals surface area contributed by atoms with Gasteiger partial charge < -0.3 is 10.6 Å². The summed E-state index contributed by atoms with van der Waals surface area (Å²) in [7, 11) is 1.41. The summed E-state index contributed by atoms with van der Waals surface area (Å²) >= 11 is 0. The Labute approximate surface area is 183 Å². The number of H-pyrrole nitrogens is 1. The minimum absolute atomic E-state index is 0.0166. The Morgan fingerprint density at radius 2 is 1.73 bits per heavy atom. The lowest BCUT2D eigenvalue weighted by Gasteiger charge is -2.35. The van der Waals surface area contributed by atoms with E-state index in [9.17, 15) is 29.3 Å². The molecule has 3 N–H and O–H groups in total. The van der Waals surface area contributed by atoms with E-state index in [0.29, 0.717) is 11.1 Å². The van der Waals surface area contributed by atoms with Crippen LogP contribution in [0, 0.1) is 10.1 Å². The van der Waals surface area contributed by atoms with Gasteiger partial charge in [-0.3, -0.25) is 34.0 Å². The van der Waals surface area contributed by atoms with E-state index in [1.54, 1.807) is 24.3 Å². The third-order valence-electron chi connectivity index (χ3n) is 6.44. The summed E-state index contributed by atoms with van der Waals surface area (Å²) < 4.78 is 1.14. The third kappa shape index (κ3) is 2.08. The van der Waals surface area contributed by atoms with Crippen LogP contribution in [0.1, 0.15) is 27.0 Å². The number of fused-ring (bicyclic) bond motifs is 7. The predicted octanol–water partition coefficient (Wildman–Crippen LogP) is 1.25. The van der Waals surface area contributed by atoms with Gasteiger partial charge in [0, 0.05) is 47.1 Å². The Balaban J connectivity index is 1.83. The number of carbonyl (C=O) groups excluding carboxylic acids is 2. The van der Waals surface area contributed by atoms with Crippen LogP contribution in [0.4, 0.5) is 17.2 Å². The molecule has 3 aromatic rings. The van der Waals surface area contributed by atoms with Gasteiger partial charge in [0.15, 0.2) is 5.78 Å². The number of ketones is 1. The average molecular weight is 443 g/mol. The summed E-state index contributed by atoms with van der Waals surface area (Å²) in [6, 6.07) is 10.5. The van der Waals surface area contributed by atoms with Gasteiger partial charge in [0.25, 0.3) is 11.2 Å². The van der Waals surface area contributed by atoms with E-state index in [2.05, 4.69) is 15.6 Å². The van der Waals surface area contributed by atoms with Crippen molar-refractivity contribution < 1.29 is 14.5 Å². The number of hydrogen-bond acceptors (Lipinski definition) is 7. The van der Waals surface area contributed by atoms with E-state index >= 15 is 0 Å². The molecule has 6 rings (SSSR count). The van der Waals surface area contributed by atoms with Gasteiger partial charge in [-0.15, -0.1) is 0 Å². The molecule has 1 atom stereocenters.